The Labute approximate surface area is 79.7 Å². The first-order chi connectivity index (χ1) is 6.01. The second-order valence-electron chi connectivity index (χ2n) is 4.68. The van der Waals surface area contributed by atoms with Crippen molar-refractivity contribution in [2.24, 2.45) is 17.3 Å². The molecule has 0 aliphatic heterocycles. The van der Waals surface area contributed by atoms with Gasteiger partial charge < -0.3 is 4.79 Å². The molecule has 0 spiro atoms. The van der Waals surface area contributed by atoms with Gasteiger partial charge in [0.25, 0.3) is 0 Å². The van der Waals surface area contributed by atoms with E-state index in [2.05, 4.69) is 13.8 Å². The number of Topliss-reactive ketones (excluding diaryl/α,β-unsaturated/α-hetero) is 1. The Hall–Kier alpha value is -0.660. The van der Waals surface area contributed by atoms with E-state index >= 15 is 0 Å². The van der Waals surface area contributed by atoms with E-state index in [1.165, 1.54) is 0 Å². The van der Waals surface area contributed by atoms with Gasteiger partial charge in [-0.1, -0.05) is 20.8 Å². The second-order valence-corrected chi connectivity index (χ2v) is 4.68. The minimum absolute atomic E-state index is 0.185. The molecule has 2 atom stereocenters. The van der Waals surface area contributed by atoms with Crippen molar-refractivity contribution in [1.82, 2.24) is 0 Å². The molecule has 2 heteroatoms. The predicted octanol–water partition coefficient (Wildman–Crippen LogP) is 2.22. The van der Waals surface area contributed by atoms with Crippen molar-refractivity contribution in [3.63, 3.8) is 0 Å². The molecule has 1 fully saturated rings. The molecule has 0 N–H and O–H groups in total. The van der Waals surface area contributed by atoms with Crippen molar-refractivity contribution in [2.45, 2.75) is 40.0 Å². The van der Waals surface area contributed by atoms with E-state index in [0.717, 1.165) is 19.1 Å². The number of hydrogen-bond donors (Lipinski definition) is 0. The van der Waals surface area contributed by atoms with Crippen LogP contribution in [0.5, 0.6) is 0 Å². The summed E-state index contributed by atoms with van der Waals surface area (Å²) in [5.74, 6) is 0.903. The highest BCUT2D eigenvalue weighted by atomic mass is 16.1. The smallest absolute Gasteiger partial charge is 0.142 e. The Bertz CT molecular complexity index is 220. The van der Waals surface area contributed by atoms with Gasteiger partial charge in [0, 0.05) is 17.8 Å². The van der Waals surface area contributed by atoms with Crippen molar-refractivity contribution in [2.75, 3.05) is 0 Å². The standard InChI is InChI=1S/C11H18O2/c1-8(2)9-4-5-11(3,6-7-12)10(9)13/h7-9H,4-6H2,1-3H3/t9-,11-/m0/s1. The van der Waals surface area contributed by atoms with E-state index in [4.69, 9.17) is 0 Å². The van der Waals surface area contributed by atoms with Crippen LogP contribution in [0.15, 0.2) is 0 Å². The van der Waals surface area contributed by atoms with Crippen molar-refractivity contribution in [3.8, 4) is 0 Å². The van der Waals surface area contributed by atoms with Gasteiger partial charge in [0.2, 0.25) is 0 Å². The topological polar surface area (TPSA) is 34.1 Å². The SMILES string of the molecule is CC(C)[C@@H]1CC[C@@](C)(CC=O)C1=O. The first kappa shape index (κ1) is 10.4. The number of aldehydes is 1. The third-order valence-electron chi connectivity index (χ3n) is 3.28. The molecule has 74 valence electrons. The molecule has 0 heterocycles. The number of rotatable bonds is 3. The minimum Gasteiger partial charge on any atom is -0.303 e. The van der Waals surface area contributed by atoms with E-state index < -0.39 is 0 Å². The number of ketones is 1. The molecular weight excluding hydrogens is 164 g/mol. The Morgan fingerprint density at radius 3 is 2.62 bits per heavy atom. The van der Waals surface area contributed by atoms with Gasteiger partial charge in [-0.2, -0.15) is 0 Å². The summed E-state index contributed by atoms with van der Waals surface area (Å²) in [7, 11) is 0. The van der Waals surface area contributed by atoms with Gasteiger partial charge in [0.15, 0.2) is 0 Å². The average molecular weight is 182 g/mol. The summed E-state index contributed by atoms with van der Waals surface area (Å²) >= 11 is 0. The predicted molar refractivity (Wildman–Crippen MR) is 51.4 cm³/mol. The summed E-state index contributed by atoms with van der Waals surface area (Å²) in [6.45, 7) is 6.08. The average Bonchev–Trinajstić information content (AvgIpc) is 2.30. The molecule has 0 bridgehead atoms. The summed E-state index contributed by atoms with van der Waals surface area (Å²) in [6.07, 6.45) is 3.12. The van der Waals surface area contributed by atoms with Gasteiger partial charge in [-0.3, -0.25) is 4.79 Å². The Morgan fingerprint density at radius 1 is 1.62 bits per heavy atom. The molecule has 0 aromatic rings. The van der Waals surface area contributed by atoms with Crippen molar-refractivity contribution < 1.29 is 9.59 Å². The summed E-state index contributed by atoms with van der Waals surface area (Å²) in [5, 5.41) is 0. The third kappa shape index (κ3) is 1.82. The maximum atomic E-state index is 11.9. The number of hydrogen-bond acceptors (Lipinski definition) is 2. The Balaban J connectivity index is 2.74. The molecule has 13 heavy (non-hydrogen) atoms. The van der Waals surface area contributed by atoms with Crippen molar-refractivity contribution in [1.29, 1.82) is 0 Å². The molecule has 1 aliphatic carbocycles. The molecule has 1 rings (SSSR count). The van der Waals surface area contributed by atoms with Crippen LogP contribution in [0.25, 0.3) is 0 Å². The van der Waals surface area contributed by atoms with Crippen LogP contribution >= 0.6 is 0 Å². The van der Waals surface area contributed by atoms with Crippen molar-refractivity contribution in [3.05, 3.63) is 0 Å². The Kier molecular flexibility index (Phi) is 2.89. The van der Waals surface area contributed by atoms with Gasteiger partial charge in [0.05, 0.1) is 0 Å². The van der Waals surface area contributed by atoms with Crippen LogP contribution in [0.3, 0.4) is 0 Å². The summed E-state index contributed by atoms with van der Waals surface area (Å²) in [5.41, 5.74) is -0.351. The zero-order valence-corrected chi connectivity index (χ0v) is 8.67. The maximum Gasteiger partial charge on any atom is 0.142 e. The molecule has 0 radical (unpaired) electrons. The molecule has 1 saturated carbocycles. The van der Waals surface area contributed by atoms with Crippen LogP contribution in [-0.2, 0) is 9.59 Å². The van der Waals surface area contributed by atoms with Gasteiger partial charge in [-0.15, -0.1) is 0 Å². The molecule has 0 unspecified atom stereocenters. The van der Waals surface area contributed by atoms with Crippen LogP contribution in [-0.4, -0.2) is 12.1 Å². The molecule has 2 nitrogen and oxygen atoms in total. The van der Waals surface area contributed by atoms with Crippen LogP contribution in [0.2, 0.25) is 0 Å². The van der Waals surface area contributed by atoms with E-state index in [9.17, 15) is 9.59 Å². The van der Waals surface area contributed by atoms with Gasteiger partial charge in [-0.25, -0.2) is 0 Å². The fraction of sp³-hybridized carbons (Fsp3) is 0.818. The summed E-state index contributed by atoms with van der Waals surface area (Å²) in [6, 6.07) is 0. The minimum atomic E-state index is -0.351. The molecule has 0 saturated heterocycles. The Morgan fingerprint density at radius 2 is 2.23 bits per heavy atom. The fourth-order valence-electron chi connectivity index (χ4n) is 2.20. The molecule has 0 amide bonds. The maximum absolute atomic E-state index is 11.9. The van der Waals surface area contributed by atoms with E-state index in [1.54, 1.807) is 0 Å². The monoisotopic (exact) mass is 182 g/mol. The zero-order chi connectivity index (χ0) is 10.1. The highest BCUT2D eigenvalue weighted by molar-refractivity contribution is 5.90. The largest absolute Gasteiger partial charge is 0.303 e. The van der Waals surface area contributed by atoms with Crippen molar-refractivity contribution >= 4 is 12.1 Å². The first-order valence-electron chi connectivity index (χ1n) is 4.99. The molecule has 0 aromatic heterocycles. The van der Waals surface area contributed by atoms with Crippen LogP contribution in [0, 0.1) is 17.3 Å². The number of carbonyl (C=O) groups excluding carboxylic acids is 2. The van der Waals surface area contributed by atoms with Gasteiger partial charge in [-0.05, 0) is 18.8 Å². The van der Waals surface area contributed by atoms with Crippen LogP contribution in [0.1, 0.15) is 40.0 Å². The van der Waals surface area contributed by atoms with Gasteiger partial charge >= 0.3 is 0 Å². The first-order valence-corrected chi connectivity index (χ1v) is 4.99. The molecule has 1 aliphatic rings. The second kappa shape index (κ2) is 3.60. The quantitative estimate of drug-likeness (QED) is 0.627. The number of carbonyl (C=O) groups is 2. The van der Waals surface area contributed by atoms with Crippen LogP contribution < -0.4 is 0 Å². The van der Waals surface area contributed by atoms with E-state index in [-0.39, 0.29) is 11.3 Å². The lowest BCUT2D eigenvalue weighted by Gasteiger charge is -2.20. The lowest BCUT2D eigenvalue weighted by atomic mass is 9.81. The normalized spacial score (nSPS) is 34.2. The third-order valence-corrected chi connectivity index (χ3v) is 3.28. The van der Waals surface area contributed by atoms with E-state index in [0.29, 0.717) is 18.1 Å². The van der Waals surface area contributed by atoms with Crippen LogP contribution in [0.4, 0.5) is 0 Å². The lowest BCUT2D eigenvalue weighted by Crippen LogP contribution is -2.27. The zero-order valence-electron chi connectivity index (χ0n) is 8.67. The van der Waals surface area contributed by atoms with E-state index in [1.807, 2.05) is 6.92 Å². The fourth-order valence-corrected chi connectivity index (χ4v) is 2.20. The molecular formula is C11H18O2. The lowest BCUT2D eigenvalue weighted by molar-refractivity contribution is -0.131. The summed E-state index contributed by atoms with van der Waals surface area (Å²) < 4.78 is 0. The molecule has 0 aromatic carbocycles. The van der Waals surface area contributed by atoms with Gasteiger partial charge in [0.1, 0.15) is 12.1 Å². The highest BCUT2D eigenvalue weighted by Crippen LogP contribution is 2.42. The highest BCUT2D eigenvalue weighted by Gasteiger charge is 2.44. The summed E-state index contributed by atoms with van der Waals surface area (Å²) in [4.78, 5) is 22.3.